The van der Waals surface area contributed by atoms with Gasteiger partial charge in [-0.15, -0.1) is 0 Å². The first-order chi connectivity index (χ1) is 20.4. The molecule has 6 rings (SSSR count). The number of thioether (sulfide) groups is 1. The number of hydrogen-bond donors (Lipinski definition) is 1. The number of halogens is 2. The van der Waals surface area contributed by atoms with Gasteiger partial charge in [-0.2, -0.15) is 0 Å². The van der Waals surface area contributed by atoms with E-state index in [0.29, 0.717) is 26.3 Å². The number of anilines is 2. The summed E-state index contributed by atoms with van der Waals surface area (Å²) in [6.07, 6.45) is 0. The number of carbonyl (C=O) groups excluding carboxylic acids is 3. The molecule has 11 heteroatoms. The summed E-state index contributed by atoms with van der Waals surface area (Å²) in [5.41, 5.74) is 2.65. The summed E-state index contributed by atoms with van der Waals surface area (Å²) >= 11 is 8.20. The maximum Gasteiger partial charge on any atom is 0.308 e. The largest absolute Gasteiger partial charge is 0.325 e. The van der Waals surface area contributed by atoms with Gasteiger partial charge in [0.05, 0.1) is 16.6 Å². The van der Waals surface area contributed by atoms with Crippen molar-refractivity contribution in [3.05, 3.63) is 109 Å². The van der Waals surface area contributed by atoms with Crippen molar-refractivity contribution in [2.75, 3.05) is 10.2 Å². The molecule has 1 fully saturated rings. The van der Waals surface area contributed by atoms with Crippen LogP contribution in [0.4, 0.5) is 15.8 Å². The molecule has 3 atom stereocenters. The van der Waals surface area contributed by atoms with Crippen molar-refractivity contribution in [2.45, 2.75) is 48.9 Å². The smallest absolute Gasteiger partial charge is 0.308 e. The van der Waals surface area contributed by atoms with E-state index in [1.807, 2.05) is 24.3 Å². The summed E-state index contributed by atoms with van der Waals surface area (Å²) in [6, 6.07) is 19.8. The van der Waals surface area contributed by atoms with Crippen LogP contribution >= 0.6 is 34.7 Å². The van der Waals surface area contributed by atoms with E-state index in [4.69, 9.17) is 11.6 Å². The number of imide groups is 1. The average molecular weight is 636 g/mol. The fourth-order valence-corrected chi connectivity index (χ4v) is 8.43. The van der Waals surface area contributed by atoms with Gasteiger partial charge in [-0.1, -0.05) is 79.7 Å². The summed E-state index contributed by atoms with van der Waals surface area (Å²) in [6.45, 7) is 6.03. The van der Waals surface area contributed by atoms with Crippen molar-refractivity contribution in [3.8, 4) is 0 Å². The standard InChI is InChI=1S/C32H27ClFN3O4S2/c1-32(2,3)18-6-4-17(5-7-18)24-25-26(29(40)37(28(25)39)22-14-8-19(33)9-15-22)42-30-27(24)43-31(41)36(30)16-23(38)35-21-12-10-20(34)11-13-21/h4-15,24-26H,16H2,1-3H3,(H,35,38). The molecular weight excluding hydrogens is 609 g/mol. The van der Waals surface area contributed by atoms with Gasteiger partial charge in [0.1, 0.15) is 17.6 Å². The van der Waals surface area contributed by atoms with Crippen LogP contribution in [0.5, 0.6) is 0 Å². The minimum atomic E-state index is -0.802. The Morgan fingerprint density at radius 3 is 2.21 bits per heavy atom. The summed E-state index contributed by atoms with van der Waals surface area (Å²) in [7, 11) is 0. The predicted octanol–water partition coefficient (Wildman–Crippen LogP) is 6.43. The van der Waals surface area contributed by atoms with Crippen molar-refractivity contribution >= 4 is 63.8 Å². The molecule has 43 heavy (non-hydrogen) atoms. The van der Waals surface area contributed by atoms with Crippen molar-refractivity contribution < 1.29 is 18.8 Å². The Morgan fingerprint density at radius 1 is 0.930 bits per heavy atom. The van der Waals surface area contributed by atoms with E-state index in [-0.39, 0.29) is 28.6 Å². The predicted molar refractivity (Wildman–Crippen MR) is 168 cm³/mol. The number of hydrogen-bond acceptors (Lipinski definition) is 6. The lowest BCUT2D eigenvalue weighted by molar-refractivity contribution is -0.122. The number of amides is 3. The van der Waals surface area contributed by atoms with E-state index in [0.717, 1.165) is 34.2 Å². The third kappa shape index (κ3) is 5.43. The molecule has 0 spiro atoms. The van der Waals surface area contributed by atoms with E-state index in [2.05, 4.69) is 26.1 Å². The van der Waals surface area contributed by atoms with Gasteiger partial charge >= 0.3 is 4.87 Å². The fourth-order valence-electron chi connectivity index (χ4n) is 5.53. The molecule has 0 radical (unpaired) electrons. The Hall–Kier alpha value is -3.73. The Morgan fingerprint density at radius 2 is 1.58 bits per heavy atom. The van der Waals surface area contributed by atoms with Crippen molar-refractivity contribution in [3.63, 3.8) is 0 Å². The number of benzene rings is 3. The molecule has 0 saturated carbocycles. The van der Waals surface area contributed by atoms with Gasteiger partial charge in [0.2, 0.25) is 17.7 Å². The molecule has 1 aromatic heterocycles. The second-order valence-corrected chi connectivity index (χ2v) is 14.1. The van der Waals surface area contributed by atoms with E-state index in [9.17, 15) is 23.6 Å². The molecule has 0 bridgehead atoms. The van der Waals surface area contributed by atoms with Crippen LogP contribution in [0.25, 0.3) is 0 Å². The second-order valence-electron chi connectivity index (χ2n) is 11.6. The van der Waals surface area contributed by atoms with Crippen molar-refractivity contribution in [2.24, 2.45) is 5.92 Å². The van der Waals surface area contributed by atoms with Crippen LogP contribution in [-0.2, 0) is 26.3 Å². The number of carbonyl (C=O) groups is 3. The molecule has 4 aromatic rings. The molecule has 1 saturated heterocycles. The van der Waals surface area contributed by atoms with Gasteiger partial charge in [0.15, 0.2) is 0 Å². The zero-order valence-electron chi connectivity index (χ0n) is 23.5. The minimum Gasteiger partial charge on any atom is -0.325 e. The molecule has 3 unspecified atom stereocenters. The molecule has 3 aromatic carbocycles. The average Bonchev–Trinajstić information content (AvgIpc) is 3.40. The molecular formula is C32H27ClFN3O4S2. The van der Waals surface area contributed by atoms with Gasteiger partial charge in [0.25, 0.3) is 0 Å². The van der Waals surface area contributed by atoms with Gasteiger partial charge < -0.3 is 5.32 Å². The monoisotopic (exact) mass is 635 g/mol. The minimum absolute atomic E-state index is 0.0921. The lowest BCUT2D eigenvalue weighted by Crippen LogP contribution is -2.33. The molecule has 7 nitrogen and oxygen atoms in total. The molecule has 220 valence electrons. The van der Waals surface area contributed by atoms with Crippen LogP contribution in [-0.4, -0.2) is 27.5 Å². The summed E-state index contributed by atoms with van der Waals surface area (Å²) in [5, 5.41) is 2.87. The Labute approximate surface area is 260 Å². The Balaban J connectivity index is 1.41. The van der Waals surface area contributed by atoms with Crippen LogP contribution in [0.2, 0.25) is 5.02 Å². The Kier molecular flexibility index (Phi) is 7.56. The summed E-state index contributed by atoms with van der Waals surface area (Å²) < 4.78 is 14.7. The first-order valence-electron chi connectivity index (χ1n) is 13.6. The maximum absolute atomic E-state index is 14.0. The van der Waals surface area contributed by atoms with Crippen molar-refractivity contribution in [1.82, 2.24) is 4.57 Å². The molecule has 2 aliphatic rings. The fraction of sp³-hybridized carbons (Fsp3) is 0.250. The normalized spacial score (nSPS) is 19.7. The first-order valence-corrected chi connectivity index (χ1v) is 15.7. The summed E-state index contributed by atoms with van der Waals surface area (Å²) in [5.74, 6) is -2.95. The highest BCUT2D eigenvalue weighted by molar-refractivity contribution is 8.00. The molecule has 0 aliphatic carbocycles. The number of aromatic nitrogens is 1. The van der Waals surface area contributed by atoms with Gasteiger partial charge in [-0.3, -0.25) is 23.7 Å². The number of nitrogens with one attached hydrogen (secondary N) is 1. The lowest BCUT2D eigenvalue weighted by atomic mass is 9.81. The lowest BCUT2D eigenvalue weighted by Gasteiger charge is -2.31. The molecule has 3 amide bonds. The van der Waals surface area contributed by atoms with E-state index >= 15 is 0 Å². The van der Waals surface area contributed by atoms with Gasteiger partial charge in [0, 0.05) is 21.5 Å². The van der Waals surface area contributed by atoms with Gasteiger partial charge in [-0.25, -0.2) is 9.29 Å². The van der Waals surface area contributed by atoms with Crippen LogP contribution in [0.15, 0.2) is 82.6 Å². The molecule has 1 N–H and O–H groups in total. The highest BCUT2D eigenvalue weighted by Gasteiger charge is 2.56. The molecule has 3 heterocycles. The number of thiazole rings is 1. The van der Waals surface area contributed by atoms with E-state index in [1.54, 1.807) is 24.3 Å². The topological polar surface area (TPSA) is 88.5 Å². The number of rotatable bonds is 5. The van der Waals surface area contributed by atoms with E-state index < -0.39 is 28.8 Å². The highest BCUT2D eigenvalue weighted by atomic mass is 35.5. The van der Waals surface area contributed by atoms with Crippen LogP contribution in [0, 0.1) is 11.7 Å². The number of fused-ring (bicyclic) bond motifs is 2. The SMILES string of the molecule is CC(C)(C)c1ccc(C2c3sc(=O)n(CC(=O)Nc4ccc(F)cc4)c3SC3C(=O)N(c4ccc(Cl)cc4)C(=O)C32)cc1. The van der Waals surface area contributed by atoms with Gasteiger partial charge in [-0.05, 0) is 65.1 Å². The zero-order valence-corrected chi connectivity index (χ0v) is 25.9. The van der Waals surface area contributed by atoms with E-state index in [1.165, 1.54) is 33.7 Å². The Bertz CT molecular complexity index is 1790. The van der Waals surface area contributed by atoms with Crippen LogP contribution < -0.4 is 15.1 Å². The third-order valence-electron chi connectivity index (χ3n) is 7.70. The first kappa shape index (κ1) is 29.3. The van der Waals surface area contributed by atoms with Crippen LogP contribution in [0.1, 0.15) is 42.7 Å². The van der Waals surface area contributed by atoms with Crippen LogP contribution in [0.3, 0.4) is 0 Å². The third-order valence-corrected chi connectivity index (χ3v) is 10.6. The molecule has 2 aliphatic heterocycles. The number of nitrogens with zero attached hydrogens (tertiary/aromatic N) is 2. The highest BCUT2D eigenvalue weighted by Crippen LogP contribution is 2.54. The second kappa shape index (κ2) is 11.1. The zero-order chi connectivity index (χ0) is 30.6. The maximum atomic E-state index is 14.0. The quantitative estimate of drug-likeness (QED) is 0.255. The summed E-state index contributed by atoms with van der Waals surface area (Å²) in [4.78, 5) is 55.7. The van der Waals surface area contributed by atoms with Crippen molar-refractivity contribution in [1.29, 1.82) is 0 Å².